The Hall–Kier alpha value is -1.63. The van der Waals surface area contributed by atoms with Gasteiger partial charge in [-0.2, -0.15) is 0 Å². The van der Waals surface area contributed by atoms with E-state index in [0.29, 0.717) is 6.54 Å². The molecule has 0 aliphatic heterocycles. The Morgan fingerprint density at radius 3 is 2.37 bits per heavy atom. The predicted molar refractivity (Wildman–Crippen MR) is 74.3 cm³/mol. The molecule has 0 radical (unpaired) electrons. The molecule has 1 rings (SSSR count). The van der Waals surface area contributed by atoms with Gasteiger partial charge in [0.2, 0.25) is 11.8 Å². The molecule has 0 aromatic carbocycles. The van der Waals surface area contributed by atoms with Crippen LogP contribution in [0.1, 0.15) is 12.1 Å². The molecule has 1 heterocycles. The average molecular weight is 285 g/mol. The normalized spacial score (nSPS) is 10.3. The lowest BCUT2D eigenvalue weighted by molar-refractivity contribution is -0.138. The highest BCUT2D eigenvalue weighted by Crippen LogP contribution is 2.02. The van der Waals surface area contributed by atoms with Gasteiger partial charge in [0.1, 0.15) is 0 Å². The Morgan fingerprint density at radius 2 is 1.89 bits per heavy atom. The molecule has 0 atom stereocenters. The quantitative estimate of drug-likeness (QED) is 0.774. The number of hydrogen-bond donors (Lipinski definition) is 0. The summed E-state index contributed by atoms with van der Waals surface area (Å²) in [6, 6.07) is 0. The summed E-state index contributed by atoms with van der Waals surface area (Å²) in [5, 5.41) is 1.77. The summed E-state index contributed by atoms with van der Waals surface area (Å²) in [5.41, 5.74) is 0.856. The number of carbonyl (C=O) groups is 2. The van der Waals surface area contributed by atoms with E-state index in [1.165, 1.54) is 9.80 Å². The maximum Gasteiger partial charge on any atom is 0.307 e. The van der Waals surface area contributed by atoms with Crippen molar-refractivity contribution in [2.24, 2.45) is 0 Å². The van der Waals surface area contributed by atoms with Crippen molar-refractivity contribution in [3.8, 4) is 0 Å². The van der Waals surface area contributed by atoms with Crippen LogP contribution in [0.2, 0.25) is 0 Å². The zero-order valence-corrected chi connectivity index (χ0v) is 12.5. The van der Waals surface area contributed by atoms with Gasteiger partial charge in [0.05, 0.1) is 6.54 Å². The van der Waals surface area contributed by atoms with Gasteiger partial charge in [0.15, 0.2) is 0 Å². The molecule has 0 N–H and O–H groups in total. The molecule has 7 heteroatoms. The Morgan fingerprint density at radius 1 is 1.26 bits per heavy atom. The topological polar surface area (TPSA) is 62.6 Å². The fourth-order valence-electron chi connectivity index (χ4n) is 1.51. The van der Waals surface area contributed by atoms with Gasteiger partial charge in [-0.25, -0.2) is 0 Å². The molecule has 0 fully saturated rings. The molecule has 0 aliphatic carbocycles. The van der Waals surface area contributed by atoms with E-state index in [1.54, 1.807) is 31.1 Å². The molecule has 0 aliphatic rings. The van der Waals surface area contributed by atoms with Gasteiger partial charge in [-0.15, -0.1) is 0 Å². The van der Waals surface area contributed by atoms with E-state index in [0.717, 1.165) is 17.0 Å². The summed E-state index contributed by atoms with van der Waals surface area (Å²) in [7, 11) is 4.89. The largest absolute Gasteiger partial charge is 0.347 e. The monoisotopic (exact) mass is 285 g/mol. The van der Waals surface area contributed by atoms with E-state index in [9.17, 15) is 14.4 Å². The van der Waals surface area contributed by atoms with Crippen LogP contribution in [0.3, 0.4) is 0 Å². The minimum Gasteiger partial charge on any atom is -0.347 e. The highest BCUT2D eigenvalue weighted by molar-refractivity contribution is 7.07. The van der Waals surface area contributed by atoms with Crippen LogP contribution in [0.15, 0.2) is 10.2 Å². The number of aromatic nitrogens is 1. The third kappa shape index (κ3) is 4.20. The van der Waals surface area contributed by atoms with Crippen molar-refractivity contribution < 1.29 is 9.59 Å². The first-order chi connectivity index (χ1) is 8.82. The number of hydrogen-bond acceptors (Lipinski definition) is 4. The Labute approximate surface area is 116 Å². The van der Waals surface area contributed by atoms with Crippen LogP contribution in [0, 0.1) is 6.92 Å². The lowest BCUT2D eigenvalue weighted by Gasteiger charge is -2.19. The van der Waals surface area contributed by atoms with Crippen molar-refractivity contribution in [1.82, 2.24) is 14.4 Å². The van der Waals surface area contributed by atoms with E-state index < -0.39 is 0 Å². The molecule has 6 nitrogen and oxygen atoms in total. The van der Waals surface area contributed by atoms with E-state index >= 15 is 0 Å². The van der Waals surface area contributed by atoms with E-state index in [1.807, 2.05) is 6.92 Å². The minimum atomic E-state index is -0.146. The van der Waals surface area contributed by atoms with Crippen molar-refractivity contribution in [3.63, 3.8) is 0 Å². The summed E-state index contributed by atoms with van der Waals surface area (Å²) in [6.45, 7) is 2.25. The molecule has 0 unspecified atom stereocenters. The summed E-state index contributed by atoms with van der Waals surface area (Å²) < 4.78 is 1.57. The second kappa shape index (κ2) is 6.51. The molecule has 0 saturated heterocycles. The summed E-state index contributed by atoms with van der Waals surface area (Å²) in [5.74, 6) is -0.271. The zero-order valence-electron chi connectivity index (χ0n) is 11.7. The van der Waals surface area contributed by atoms with Crippen LogP contribution in [0.5, 0.6) is 0 Å². The highest BCUT2D eigenvalue weighted by atomic mass is 32.1. The number of likely N-dealkylation sites (N-methyl/N-ethyl adjacent to an activating group) is 2. The average Bonchev–Trinajstić information content (AvgIpc) is 2.65. The molecular weight excluding hydrogens is 266 g/mol. The van der Waals surface area contributed by atoms with Gasteiger partial charge in [-0.1, -0.05) is 11.3 Å². The van der Waals surface area contributed by atoms with Crippen molar-refractivity contribution in [2.45, 2.75) is 19.9 Å². The van der Waals surface area contributed by atoms with Gasteiger partial charge in [-0.3, -0.25) is 14.4 Å². The minimum absolute atomic E-state index is 0.0580. The van der Waals surface area contributed by atoms with Gasteiger partial charge >= 0.3 is 4.87 Å². The number of aryl methyl sites for hydroxylation is 1. The van der Waals surface area contributed by atoms with Gasteiger partial charge in [0, 0.05) is 45.2 Å². The van der Waals surface area contributed by atoms with Crippen molar-refractivity contribution >= 4 is 23.2 Å². The zero-order chi connectivity index (χ0) is 14.6. The van der Waals surface area contributed by atoms with Crippen LogP contribution < -0.4 is 4.87 Å². The molecule has 19 heavy (non-hydrogen) atoms. The van der Waals surface area contributed by atoms with E-state index in [-0.39, 0.29) is 29.7 Å². The predicted octanol–water partition coefficient (Wildman–Crippen LogP) is 0.155. The first kappa shape index (κ1) is 15.4. The maximum atomic E-state index is 11.9. The number of thiazole rings is 1. The number of rotatable bonds is 5. The third-order valence-electron chi connectivity index (χ3n) is 2.82. The molecule has 0 bridgehead atoms. The van der Waals surface area contributed by atoms with Crippen LogP contribution in [-0.2, 0) is 16.1 Å². The summed E-state index contributed by atoms with van der Waals surface area (Å²) >= 11 is 1.13. The lowest BCUT2D eigenvalue weighted by atomic mass is 10.3. The van der Waals surface area contributed by atoms with Gasteiger partial charge in [-0.05, 0) is 6.92 Å². The molecule has 2 amide bonds. The standard InChI is InChI=1S/C12H19N3O3S/c1-9-8-19-12(18)15(9)6-5-10(16)14(4)7-11(17)13(2)3/h8H,5-7H2,1-4H3. The maximum absolute atomic E-state index is 11.9. The second-order valence-corrected chi connectivity index (χ2v) is 5.40. The van der Waals surface area contributed by atoms with Crippen LogP contribution in [0.25, 0.3) is 0 Å². The summed E-state index contributed by atoms with van der Waals surface area (Å²) in [4.78, 5) is 37.6. The lowest BCUT2D eigenvalue weighted by Crippen LogP contribution is -2.38. The van der Waals surface area contributed by atoms with Crippen LogP contribution in [-0.4, -0.2) is 53.9 Å². The smallest absolute Gasteiger partial charge is 0.307 e. The fraction of sp³-hybridized carbons (Fsp3) is 0.583. The van der Waals surface area contributed by atoms with Crippen molar-refractivity contribution in [1.29, 1.82) is 0 Å². The van der Waals surface area contributed by atoms with E-state index in [2.05, 4.69) is 0 Å². The van der Waals surface area contributed by atoms with Gasteiger partial charge < -0.3 is 14.4 Å². The van der Waals surface area contributed by atoms with Crippen molar-refractivity contribution in [2.75, 3.05) is 27.7 Å². The molecule has 1 aromatic heterocycles. The first-order valence-electron chi connectivity index (χ1n) is 5.92. The first-order valence-corrected chi connectivity index (χ1v) is 6.80. The Bertz CT molecular complexity index is 519. The van der Waals surface area contributed by atoms with Gasteiger partial charge in [0.25, 0.3) is 0 Å². The van der Waals surface area contributed by atoms with Crippen molar-refractivity contribution in [3.05, 3.63) is 20.7 Å². The highest BCUT2D eigenvalue weighted by Gasteiger charge is 2.14. The molecular formula is C12H19N3O3S. The molecule has 0 saturated carbocycles. The third-order valence-corrected chi connectivity index (χ3v) is 3.70. The SMILES string of the molecule is Cc1csc(=O)n1CCC(=O)N(C)CC(=O)N(C)C. The summed E-state index contributed by atoms with van der Waals surface area (Å²) in [6.07, 6.45) is 0.217. The molecule has 106 valence electrons. The molecule has 0 spiro atoms. The Balaban J connectivity index is 2.52. The Kier molecular flexibility index (Phi) is 5.29. The number of amides is 2. The molecule has 1 aromatic rings. The number of nitrogens with zero attached hydrogens (tertiary/aromatic N) is 3. The van der Waals surface area contributed by atoms with E-state index in [4.69, 9.17) is 0 Å². The van der Waals surface area contributed by atoms with Crippen LogP contribution in [0.4, 0.5) is 0 Å². The second-order valence-electron chi connectivity index (χ2n) is 4.58. The fourth-order valence-corrected chi connectivity index (χ4v) is 2.27. The van der Waals surface area contributed by atoms with Crippen LogP contribution >= 0.6 is 11.3 Å². The number of carbonyl (C=O) groups excluding carboxylic acids is 2.